The molecular formula is C15H22NO4S-. The summed E-state index contributed by atoms with van der Waals surface area (Å²) in [6.45, 7) is 10.4. The lowest BCUT2D eigenvalue weighted by atomic mass is 10.0. The van der Waals surface area contributed by atoms with Gasteiger partial charge in [0, 0.05) is 0 Å². The second kappa shape index (κ2) is 6.15. The number of nitrogens with one attached hydrogen (secondary N) is 1. The molecule has 21 heavy (non-hydrogen) atoms. The number of rotatable bonds is 5. The number of carbonyl (C=O) groups excluding carboxylic acids is 1. The topological polar surface area (TPSA) is 86.3 Å². The van der Waals surface area contributed by atoms with Gasteiger partial charge in [0.05, 0.1) is 16.9 Å². The second-order valence-electron chi connectivity index (χ2n) is 5.75. The monoisotopic (exact) mass is 312 g/mol. The summed E-state index contributed by atoms with van der Waals surface area (Å²) >= 11 is 0. The van der Waals surface area contributed by atoms with Crippen LogP contribution < -0.4 is 9.83 Å². The summed E-state index contributed by atoms with van der Waals surface area (Å²) in [6, 6.07) is 0.664. The average Bonchev–Trinajstić information content (AvgIpc) is 2.33. The van der Waals surface area contributed by atoms with Crippen LogP contribution in [0.1, 0.15) is 36.1 Å². The van der Waals surface area contributed by atoms with Crippen LogP contribution in [-0.2, 0) is 14.8 Å². The van der Waals surface area contributed by atoms with Crippen LogP contribution in [-0.4, -0.2) is 20.4 Å². The third kappa shape index (κ3) is 3.63. The minimum atomic E-state index is -3.93. The quantitative estimate of drug-likeness (QED) is 0.878. The van der Waals surface area contributed by atoms with Gasteiger partial charge in [-0.3, -0.25) is 0 Å². The molecule has 0 aliphatic rings. The van der Waals surface area contributed by atoms with Crippen LogP contribution in [0.3, 0.4) is 0 Å². The molecule has 0 bridgehead atoms. The molecule has 0 saturated carbocycles. The van der Waals surface area contributed by atoms with E-state index in [2.05, 4.69) is 4.72 Å². The predicted octanol–water partition coefficient (Wildman–Crippen LogP) is 0.973. The molecule has 0 aliphatic carbocycles. The van der Waals surface area contributed by atoms with Gasteiger partial charge in [-0.1, -0.05) is 19.9 Å². The molecule has 1 N–H and O–H groups in total. The van der Waals surface area contributed by atoms with Crippen molar-refractivity contribution in [3.8, 4) is 0 Å². The van der Waals surface area contributed by atoms with Crippen molar-refractivity contribution in [2.45, 2.75) is 52.5 Å². The minimum absolute atomic E-state index is 0.159. The van der Waals surface area contributed by atoms with E-state index in [9.17, 15) is 18.3 Å². The van der Waals surface area contributed by atoms with Crippen LogP contribution in [0.15, 0.2) is 11.0 Å². The Bertz CT molecular complexity index is 636. The third-order valence-electron chi connectivity index (χ3n) is 3.77. The summed E-state index contributed by atoms with van der Waals surface area (Å²) in [4.78, 5) is 11.3. The van der Waals surface area contributed by atoms with Crippen LogP contribution in [0.2, 0.25) is 0 Å². The van der Waals surface area contributed by atoms with E-state index in [1.54, 1.807) is 27.7 Å². The van der Waals surface area contributed by atoms with E-state index in [4.69, 9.17) is 0 Å². The van der Waals surface area contributed by atoms with Gasteiger partial charge in [0.1, 0.15) is 0 Å². The Balaban J connectivity index is 3.42. The van der Waals surface area contributed by atoms with Crippen molar-refractivity contribution in [1.82, 2.24) is 4.72 Å². The fourth-order valence-electron chi connectivity index (χ4n) is 2.27. The van der Waals surface area contributed by atoms with Crippen molar-refractivity contribution in [1.29, 1.82) is 0 Å². The summed E-state index contributed by atoms with van der Waals surface area (Å²) in [5, 5.41) is 11.1. The lowest BCUT2D eigenvalue weighted by molar-refractivity contribution is -0.309. The van der Waals surface area contributed by atoms with Gasteiger partial charge in [-0.05, 0) is 55.9 Å². The van der Waals surface area contributed by atoms with Gasteiger partial charge >= 0.3 is 0 Å². The average molecular weight is 312 g/mol. The number of benzene rings is 1. The number of sulfonamides is 1. The molecule has 1 aromatic rings. The molecule has 6 heteroatoms. The number of aryl methyl sites for hydroxylation is 2. The van der Waals surface area contributed by atoms with Crippen LogP contribution in [0, 0.1) is 33.6 Å². The molecule has 0 aromatic heterocycles. The van der Waals surface area contributed by atoms with Crippen LogP contribution in [0.5, 0.6) is 0 Å². The first-order valence-corrected chi connectivity index (χ1v) is 8.28. The van der Waals surface area contributed by atoms with Gasteiger partial charge in [-0.15, -0.1) is 0 Å². The standard InChI is InChI=1S/C15H23NO4S/c1-8(2)13(15(17)18)16-21(19,20)14-11(5)9(3)7-10(4)12(14)6/h7-8,13,16H,1-6H3,(H,17,18)/p-1/t13-/m0/s1. The number of aliphatic carboxylic acids is 1. The van der Waals surface area contributed by atoms with E-state index in [1.165, 1.54) is 0 Å². The maximum absolute atomic E-state index is 12.6. The van der Waals surface area contributed by atoms with Crippen molar-refractivity contribution in [3.05, 3.63) is 28.3 Å². The predicted molar refractivity (Wildman–Crippen MR) is 79.3 cm³/mol. The molecule has 0 unspecified atom stereocenters. The number of carboxylic acid groups (broad SMARTS) is 1. The highest BCUT2D eigenvalue weighted by atomic mass is 32.2. The summed E-state index contributed by atoms with van der Waals surface area (Å²) < 4.78 is 27.4. The summed E-state index contributed by atoms with van der Waals surface area (Å²) in [7, 11) is -3.93. The molecular weight excluding hydrogens is 290 g/mol. The SMILES string of the molecule is Cc1cc(C)c(C)c(S(=O)(=O)N[C@H](C(=O)[O-])C(C)C)c1C. The van der Waals surface area contributed by atoms with Crippen LogP contribution >= 0.6 is 0 Å². The summed E-state index contributed by atoms with van der Waals surface area (Å²) in [5.74, 6) is -1.83. The van der Waals surface area contributed by atoms with Gasteiger partial charge in [0.2, 0.25) is 10.0 Å². The molecule has 1 atom stereocenters. The first-order chi connectivity index (χ1) is 9.49. The Hall–Kier alpha value is -1.40. The van der Waals surface area contributed by atoms with Gasteiger partial charge in [0.15, 0.2) is 0 Å². The molecule has 118 valence electrons. The third-order valence-corrected chi connectivity index (χ3v) is 5.48. The van der Waals surface area contributed by atoms with E-state index >= 15 is 0 Å². The fourth-order valence-corrected chi connectivity index (χ4v) is 4.21. The van der Waals surface area contributed by atoms with E-state index in [0.717, 1.165) is 11.1 Å². The van der Waals surface area contributed by atoms with E-state index in [-0.39, 0.29) is 4.90 Å². The Morgan fingerprint density at radius 2 is 1.52 bits per heavy atom. The molecule has 0 heterocycles. The highest BCUT2D eigenvalue weighted by Gasteiger charge is 2.27. The zero-order valence-electron chi connectivity index (χ0n) is 13.3. The molecule has 0 spiro atoms. The summed E-state index contributed by atoms with van der Waals surface area (Å²) in [6.07, 6.45) is 0. The Labute approximate surface area is 126 Å². The van der Waals surface area contributed by atoms with E-state index in [1.807, 2.05) is 19.9 Å². The molecule has 0 aliphatic heterocycles. The molecule has 0 radical (unpaired) electrons. The van der Waals surface area contributed by atoms with Gasteiger partial charge in [-0.2, -0.15) is 0 Å². The number of carboxylic acids is 1. The number of hydrogen-bond acceptors (Lipinski definition) is 4. The zero-order valence-corrected chi connectivity index (χ0v) is 14.1. The zero-order chi connectivity index (χ0) is 16.5. The Morgan fingerprint density at radius 3 is 1.86 bits per heavy atom. The maximum Gasteiger partial charge on any atom is 0.241 e. The molecule has 0 fully saturated rings. The molecule has 5 nitrogen and oxygen atoms in total. The number of carbonyl (C=O) groups is 1. The largest absolute Gasteiger partial charge is 0.548 e. The van der Waals surface area contributed by atoms with Crippen LogP contribution in [0.4, 0.5) is 0 Å². The molecule has 1 rings (SSSR count). The first kappa shape index (κ1) is 17.7. The lowest BCUT2D eigenvalue weighted by Crippen LogP contribution is -2.50. The van der Waals surface area contributed by atoms with Crippen molar-refractivity contribution in [2.24, 2.45) is 5.92 Å². The fraction of sp³-hybridized carbons (Fsp3) is 0.533. The van der Waals surface area contributed by atoms with Crippen molar-refractivity contribution in [3.63, 3.8) is 0 Å². The number of hydrogen-bond donors (Lipinski definition) is 1. The van der Waals surface area contributed by atoms with Gasteiger partial charge < -0.3 is 9.90 Å². The molecule has 0 saturated heterocycles. The molecule has 1 aromatic carbocycles. The van der Waals surface area contributed by atoms with E-state index < -0.39 is 28.0 Å². The Morgan fingerprint density at radius 1 is 1.10 bits per heavy atom. The first-order valence-electron chi connectivity index (χ1n) is 6.79. The smallest absolute Gasteiger partial charge is 0.241 e. The highest BCUT2D eigenvalue weighted by molar-refractivity contribution is 7.89. The normalized spacial score (nSPS) is 13.5. The maximum atomic E-state index is 12.6. The Kier molecular flexibility index (Phi) is 5.17. The van der Waals surface area contributed by atoms with Crippen molar-refractivity contribution >= 4 is 16.0 Å². The van der Waals surface area contributed by atoms with E-state index in [0.29, 0.717) is 11.1 Å². The second-order valence-corrected chi connectivity index (χ2v) is 7.40. The molecule has 0 amide bonds. The van der Waals surface area contributed by atoms with Gasteiger partial charge in [-0.25, -0.2) is 13.1 Å². The highest BCUT2D eigenvalue weighted by Crippen LogP contribution is 2.26. The lowest BCUT2D eigenvalue weighted by Gasteiger charge is -2.25. The van der Waals surface area contributed by atoms with Crippen molar-refractivity contribution in [2.75, 3.05) is 0 Å². The summed E-state index contributed by atoms with van der Waals surface area (Å²) in [5.41, 5.74) is 2.97. The van der Waals surface area contributed by atoms with Crippen LogP contribution in [0.25, 0.3) is 0 Å². The van der Waals surface area contributed by atoms with Crippen molar-refractivity contribution < 1.29 is 18.3 Å². The minimum Gasteiger partial charge on any atom is -0.548 e. The van der Waals surface area contributed by atoms with Gasteiger partial charge in [0.25, 0.3) is 0 Å².